The molecule has 0 unspecified atom stereocenters. The predicted molar refractivity (Wildman–Crippen MR) is 161 cm³/mol. The molecule has 0 bridgehead atoms. The molecule has 0 atom stereocenters. The molecule has 0 saturated heterocycles. The van der Waals surface area contributed by atoms with E-state index in [0.29, 0.717) is 0 Å². The van der Waals surface area contributed by atoms with E-state index in [-0.39, 0.29) is 5.41 Å². The zero-order chi connectivity index (χ0) is 25.6. The first-order chi connectivity index (χ1) is 18.0. The molecule has 186 valence electrons. The lowest BCUT2D eigenvalue weighted by atomic mass is 9.79. The van der Waals surface area contributed by atoms with Gasteiger partial charge in [-0.15, -0.1) is 11.6 Å². The quantitative estimate of drug-likeness (QED) is 0.118. The molecule has 0 spiro atoms. The third-order valence-corrected chi connectivity index (χ3v) is 8.33. The van der Waals surface area contributed by atoms with Crippen molar-refractivity contribution in [3.63, 3.8) is 0 Å². The summed E-state index contributed by atoms with van der Waals surface area (Å²) in [5, 5.41) is 5.31. The molecule has 1 aromatic heterocycles. The molecule has 0 N–H and O–H groups in total. The lowest BCUT2D eigenvalue weighted by Gasteiger charge is -2.17. The number of para-hydroxylation sites is 1. The molecule has 0 saturated carbocycles. The number of hydrogen-bond donors (Lipinski definition) is 0. The fourth-order valence-corrected chi connectivity index (χ4v) is 6.52. The van der Waals surface area contributed by atoms with E-state index in [2.05, 4.69) is 121 Å². The number of rotatable bonds is 7. The van der Waals surface area contributed by atoms with Crippen LogP contribution in [0, 0.1) is 0 Å². The summed E-state index contributed by atoms with van der Waals surface area (Å²) in [4.78, 5) is 0. The summed E-state index contributed by atoms with van der Waals surface area (Å²) < 4.78 is 4.94. The van der Waals surface area contributed by atoms with Crippen LogP contribution in [-0.4, -0.2) is 27.3 Å². The number of fused-ring (bicyclic) bond motifs is 6. The smallest absolute Gasteiger partial charge is 0.210 e. The number of hydrogen-bond acceptors (Lipinski definition) is 0. The number of alkyl halides is 1. The van der Waals surface area contributed by atoms with Gasteiger partial charge in [0.1, 0.15) is 6.54 Å². The SMILES string of the molecule is CC[N+]1=C(/C=C/c2ccc3c(c2)c2ccccc2n3CCCCCl)C(C)(C)c2c1ccc1ccccc21. The Morgan fingerprint density at radius 1 is 0.811 bits per heavy atom. The van der Waals surface area contributed by atoms with Gasteiger partial charge in [-0.25, -0.2) is 0 Å². The maximum absolute atomic E-state index is 5.96. The molecule has 0 fully saturated rings. The van der Waals surface area contributed by atoms with Crippen LogP contribution in [0.4, 0.5) is 5.69 Å². The molecule has 4 aromatic carbocycles. The van der Waals surface area contributed by atoms with Crippen molar-refractivity contribution in [3.05, 3.63) is 96.1 Å². The largest absolute Gasteiger partial charge is 0.340 e. The Bertz CT molecular complexity index is 1700. The minimum atomic E-state index is -0.0781. The Balaban J connectivity index is 1.42. The molecular formula is C34H34ClN2+. The van der Waals surface area contributed by atoms with E-state index in [1.807, 2.05) is 0 Å². The Labute approximate surface area is 224 Å². The second kappa shape index (κ2) is 9.50. The lowest BCUT2D eigenvalue weighted by molar-refractivity contribution is -0.433. The number of aromatic nitrogens is 1. The minimum absolute atomic E-state index is 0.0781. The molecule has 2 heterocycles. The van der Waals surface area contributed by atoms with Crippen molar-refractivity contribution in [2.75, 3.05) is 12.4 Å². The van der Waals surface area contributed by atoms with Crippen LogP contribution in [0.1, 0.15) is 44.7 Å². The molecular weight excluding hydrogens is 472 g/mol. The first-order valence-electron chi connectivity index (χ1n) is 13.5. The average Bonchev–Trinajstić information content (AvgIpc) is 3.35. The number of allylic oxidation sites excluding steroid dienone is 1. The Kier molecular flexibility index (Phi) is 6.16. The van der Waals surface area contributed by atoms with Gasteiger partial charge in [0.15, 0.2) is 5.71 Å². The Hall–Kier alpha value is -3.36. The van der Waals surface area contributed by atoms with Crippen molar-refractivity contribution in [2.24, 2.45) is 0 Å². The third-order valence-electron chi connectivity index (χ3n) is 8.07. The minimum Gasteiger partial charge on any atom is -0.340 e. The second-order valence-corrected chi connectivity index (χ2v) is 11.0. The van der Waals surface area contributed by atoms with Gasteiger partial charge < -0.3 is 4.57 Å². The summed E-state index contributed by atoms with van der Waals surface area (Å²) in [6.07, 6.45) is 6.77. The van der Waals surface area contributed by atoms with Crippen LogP contribution >= 0.6 is 11.6 Å². The zero-order valence-electron chi connectivity index (χ0n) is 22.0. The fraction of sp³-hybridized carbons (Fsp3) is 0.265. The summed E-state index contributed by atoms with van der Waals surface area (Å²) in [7, 11) is 0. The van der Waals surface area contributed by atoms with E-state index in [9.17, 15) is 0 Å². The van der Waals surface area contributed by atoms with Crippen LogP contribution in [0.25, 0.3) is 38.7 Å². The lowest BCUT2D eigenvalue weighted by Crippen LogP contribution is -2.27. The van der Waals surface area contributed by atoms with E-state index in [0.717, 1.165) is 31.8 Å². The first-order valence-corrected chi connectivity index (χ1v) is 14.0. The van der Waals surface area contributed by atoms with Gasteiger partial charge in [-0.1, -0.05) is 48.5 Å². The number of nitrogens with zero attached hydrogens (tertiary/aromatic N) is 2. The normalized spacial score (nSPS) is 15.0. The van der Waals surface area contributed by atoms with E-state index in [1.165, 1.54) is 55.1 Å². The monoisotopic (exact) mass is 505 g/mol. The van der Waals surface area contributed by atoms with E-state index in [4.69, 9.17) is 11.6 Å². The summed E-state index contributed by atoms with van der Waals surface area (Å²) in [6, 6.07) is 29.0. The van der Waals surface area contributed by atoms with E-state index in [1.54, 1.807) is 0 Å². The topological polar surface area (TPSA) is 7.94 Å². The molecule has 0 amide bonds. The molecule has 5 aromatic rings. The highest BCUT2D eigenvalue weighted by molar-refractivity contribution is 6.17. The number of aryl methyl sites for hydroxylation is 1. The van der Waals surface area contributed by atoms with E-state index < -0.39 is 0 Å². The van der Waals surface area contributed by atoms with Crippen LogP contribution in [0.2, 0.25) is 0 Å². The van der Waals surface area contributed by atoms with Crippen LogP contribution in [0.5, 0.6) is 0 Å². The van der Waals surface area contributed by atoms with Gasteiger partial charge >= 0.3 is 0 Å². The van der Waals surface area contributed by atoms with Crippen molar-refractivity contribution in [1.82, 2.24) is 4.57 Å². The summed E-state index contributed by atoms with van der Waals surface area (Å²) in [6.45, 7) is 8.93. The van der Waals surface area contributed by atoms with Crippen LogP contribution in [0.3, 0.4) is 0 Å². The first kappa shape index (κ1) is 24.0. The van der Waals surface area contributed by atoms with Gasteiger partial charge in [0, 0.05) is 51.9 Å². The molecule has 6 rings (SSSR count). The highest BCUT2D eigenvalue weighted by atomic mass is 35.5. The highest BCUT2D eigenvalue weighted by Gasteiger charge is 2.44. The van der Waals surface area contributed by atoms with Crippen molar-refractivity contribution < 1.29 is 4.58 Å². The Morgan fingerprint density at radius 3 is 2.38 bits per heavy atom. The van der Waals surface area contributed by atoms with Gasteiger partial charge in [-0.2, -0.15) is 4.58 Å². The molecule has 2 nitrogen and oxygen atoms in total. The van der Waals surface area contributed by atoms with Gasteiger partial charge in [0.25, 0.3) is 0 Å². The number of benzene rings is 4. The fourth-order valence-electron chi connectivity index (χ4n) is 6.33. The summed E-state index contributed by atoms with van der Waals surface area (Å²) in [5.74, 6) is 0.718. The molecule has 3 heteroatoms. The third kappa shape index (κ3) is 3.90. The molecule has 37 heavy (non-hydrogen) atoms. The van der Waals surface area contributed by atoms with Gasteiger partial charge in [0.2, 0.25) is 5.69 Å². The second-order valence-electron chi connectivity index (χ2n) is 10.6. The molecule has 1 aliphatic heterocycles. The van der Waals surface area contributed by atoms with Gasteiger partial charge in [0.05, 0.1) is 5.41 Å². The molecule has 0 radical (unpaired) electrons. The van der Waals surface area contributed by atoms with Crippen LogP contribution < -0.4 is 0 Å². The van der Waals surface area contributed by atoms with Crippen molar-refractivity contribution in [3.8, 4) is 0 Å². The number of unbranched alkanes of at least 4 members (excludes halogenated alkanes) is 1. The molecule has 1 aliphatic rings. The summed E-state index contributed by atoms with van der Waals surface area (Å²) >= 11 is 5.96. The molecule has 0 aliphatic carbocycles. The summed E-state index contributed by atoms with van der Waals surface area (Å²) in [5.41, 5.74) is 7.88. The number of halogens is 1. The van der Waals surface area contributed by atoms with Crippen LogP contribution in [0.15, 0.2) is 84.9 Å². The zero-order valence-corrected chi connectivity index (χ0v) is 22.7. The van der Waals surface area contributed by atoms with Gasteiger partial charge in [-0.3, -0.25) is 0 Å². The Morgan fingerprint density at radius 2 is 1.57 bits per heavy atom. The van der Waals surface area contributed by atoms with Crippen molar-refractivity contribution in [1.29, 1.82) is 0 Å². The maximum atomic E-state index is 5.96. The average molecular weight is 506 g/mol. The maximum Gasteiger partial charge on any atom is 0.210 e. The van der Waals surface area contributed by atoms with Crippen LogP contribution in [-0.2, 0) is 12.0 Å². The predicted octanol–water partition coefficient (Wildman–Crippen LogP) is 9.08. The van der Waals surface area contributed by atoms with Crippen molar-refractivity contribution >= 4 is 61.7 Å². The standard InChI is InChI=1S/C34H34ClN2/c1-4-36-31-19-17-25-11-5-6-12-26(25)33(31)34(2,3)32(36)20-16-24-15-18-30-28(23-24)27-13-7-8-14-29(27)37(30)22-10-9-21-35/h5-8,11-20,23H,4,9-10,21-22H2,1-3H3/q+1. The van der Waals surface area contributed by atoms with Gasteiger partial charge in [-0.05, 0) is 80.3 Å². The van der Waals surface area contributed by atoms with E-state index >= 15 is 0 Å². The van der Waals surface area contributed by atoms with Crippen molar-refractivity contribution in [2.45, 2.75) is 45.6 Å². The highest BCUT2D eigenvalue weighted by Crippen LogP contribution is 2.44.